The predicted molar refractivity (Wildman–Crippen MR) is 68.3 cm³/mol. The van der Waals surface area contributed by atoms with Crippen LogP contribution < -0.4 is 9.64 Å². The van der Waals surface area contributed by atoms with Crippen molar-refractivity contribution >= 4 is 5.69 Å². The molecule has 0 aliphatic carbocycles. The summed E-state index contributed by atoms with van der Waals surface area (Å²) < 4.78 is 5.23. The lowest BCUT2D eigenvalue weighted by Gasteiger charge is -2.22. The molecular weight excluding hydrogens is 214 g/mol. The Morgan fingerprint density at radius 1 is 1.41 bits per heavy atom. The van der Waals surface area contributed by atoms with Crippen molar-refractivity contribution in [1.82, 2.24) is 9.97 Å². The van der Waals surface area contributed by atoms with Gasteiger partial charge in [0.25, 0.3) is 0 Å². The van der Waals surface area contributed by atoms with Crippen molar-refractivity contribution in [2.75, 3.05) is 18.6 Å². The van der Waals surface area contributed by atoms with Crippen molar-refractivity contribution in [3.05, 3.63) is 42.5 Å². The first-order chi connectivity index (χ1) is 8.33. The number of imidazole rings is 1. The minimum absolute atomic E-state index is 0.774. The minimum Gasteiger partial charge on any atom is -0.497 e. The summed E-state index contributed by atoms with van der Waals surface area (Å²) in [5.41, 5.74) is 1.14. The molecule has 90 valence electrons. The van der Waals surface area contributed by atoms with E-state index in [2.05, 4.69) is 27.9 Å². The molecule has 2 rings (SSSR count). The molecule has 2 aromatic rings. The van der Waals surface area contributed by atoms with Crippen LogP contribution in [0.1, 0.15) is 12.7 Å². The van der Waals surface area contributed by atoms with Gasteiger partial charge in [-0.2, -0.15) is 0 Å². The number of nitrogens with one attached hydrogen (secondary N) is 1. The summed E-state index contributed by atoms with van der Waals surface area (Å²) in [6, 6.07) is 8.06. The summed E-state index contributed by atoms with van der Waals surface area (Å²) >= 11 is 0. The van der Waals surface area contributed by atoms with Crippen LogP contribution in [0.15, 0.2) is 36.7 Å². The van der Waals surface area contributed by atoms with Gasteiger partial charge >= 0.3 is 0 Å². The number of aromatic amines is 1. The Morgan fingerprint density at radius 3 is 2.94 bits per heavy atom. The molecule has 0 radical (unpaired) electrons. The Morgan fingerprint density at radius 2 is 2.29 bits per heavy atom. The summed E-state index contributed by atoms with van der Waals surface area (Å²) in [5.74, 6) is 1.84. The highest BCUT2D eigenvalue weighted by molar-refractivity contribution is 5.50. The predicted octanol–water partition coefficient (Wildman–Crippen LogP) is 2.44. The number of aromatic nitrogens is 2. The first-order valence-corrected chi connectivity index (χ1v) is 5.70. The third-order valence-electron chi connectivity index (χ3n) is 2.70. The van der Waals surface area contributed by atoms with E-state index in [9.17, 15) is 0 Å². The largest absolute Gasteiger partial charge is 0.497 e. The third kappa shape index (κ3) is 2.78. The second-order valence-electron chi connectivity index (χ2n) is 3.75. The summed E-state index contributed by atoms with van der Waals surface area (Å²) in [7, 11) is 1.68. The van der Waals surface area contributed by atoms with Gasteiger partial charge in [-0.05, 0) is 19.1 Å². The first kappa shape index (κ1) is 11.5. The van der Waals surface area contributed by atoms with Crippen molar-refractivity contribution in [3.8, 4) is 5.75 Å². The maximum atomic E-state index is 5.23. The normalized spacial score (nSPS) is 10.2. The van der Waals surface area contributed by atoms with E-state index in [0.717, 1.165) is 30.4 Å². The molecule has 1 aromatic heterocycles. The van der Waals surface area contributed by atoms with Crippen LogP contribution in [-0.4, -0.2) is 23.6 Å². The molecule has 1 aromatic carbocycles. The Labute approximate surface area is 101 Å². The van der Waals surface area contributed by atoms with E-state index in [-0.39, 0.29) is 0 Å². The maximum absolute atomic E-state index is 5.23. The number of anilines is 1. The lowest BCUT2D eigenvalue weighted by atomic mass is 10.2. The number of hydrogen-bond acceptors (Lipinski definition) is 3. The number of nitrogens with zero attached hydrogens (tertiary/aromatic N) is 2. The fourth-order valence-electron chi connectivity index (χ4n) is 1.76. The molecule has 1 N–H and O–H groups in total. The van der Waals surface area contributed by atoms with Crippen LogP contribution in [0.3, 0.4) is 0 Å². The molecule has 0 aliphatic heterocycles. The Balaban J connectivity index is 2.16. The van der Waals surface area contributed by atoms with E-state index in [0.29, 0.717) is 0 Å². The number of rotatable bonds is 5. The fourth-order valence-corrected chi connectivity index (χ4v) is 1.76. The van der Waals surface area contributed by atoms with Crippen molar-refractivity contribution in [2.24, 2.45) is 0 Å². The standard InChI is InChI=1S/C13H17N3O/c1-3-16(10-13-14-7-8-15-13)11-5-4-6-12(9-11)17-2/h4-9H,3,10H2,1-2H3,(H,14,15). The van der Waals surface area contributed by atoms with Crippen LogP contribution in [0.4, 0.5) is 5.69 Å². The van der Waals surface area contributed by atoms with E-state index in [1.807, 2.05) is 24.4 Å². The quantitative estimate of drug-likeness (QED) is 0.859. The second kappa shape index (κ2) is 5.39. The van der Waals surface area contributed by atoms with Gasteiger partial charge in [0.05, 0.1) is 13.7 Å². The van der Waals surface area contributed by atoms with Gasteiger partial charge in [0.15, 0.2) is 0 Å². The molecule has 17 heavy (non-hydrogen) atoms. The van der Waals surface area contributed by atoms with Crippen LogP contribution in [0.2, 0.25) is 0 Å². The van der Waals surface area contributed by atoms with Gasteiger partial charge in [0, 0.05) is 30.7 Å². The van der Waals surface area contributed by atoms with E-state index in [4.69, 9.17) is 4.74 Å². The Kier molecular flexibility index (Phi) is 3.65. The Hall–Kier alpha value is -1.97. The van der Waals surface area contributed by atoms with Crippen LogP contribution in [-0.2, 0) is 6.54 Å². The Bertz CT molecular complexity index is 453. The van der Waals surface area contributed by atoms with Gasteiger partial charge in [0.2, 0.25) is 0 Å². The summed E-state index contributed by atoms with van der Waals surface area (Å²) in [4.78, 5) is 9.60. The highest BCUT2D eigenvalue weighted by Gasteiger charge is 2.07. The topological polar surface area (TPSA) is 41.2 Å². The smallest absolute Gasteiger partial charge is 0.125 e. The van der Waals surface area contributed by atoms with Gasteiger partial charge in [-0.3, -0.25) is 0 Å². The van der Waals surface area contributed by atoms with Crippen LogP contribution in [0, 0.1) is 0 Å². The van der Waals surface area contributed by atoms with Crippen molar-refractivity contribution in [2.45, 2.75) is 13.5 Å². The number of hydrogen-bond donors (Lipinski definition) is 1. The van der Waals surface area contributed by atoms with Crippen LogP contribution >= 0.6 is 0 Å². The number of methoxy groups -OCH3 is 1. The van der Waals surface area contributed by atoms with Crippen molar-refractivity contribution in [1.29, 1.82) is 0 Å². The van der Waals surface area contributed by atoms with Crippen LogP contribution in [0.25, 0.3) is 0 Å². The molecule has 4 nitrogen and oxygen atoms in total. The molecule has 0 spiro atoms. The van der Waals surface area contributed by atoms with E-state index in [1.165, 1.54) is 0 Å². The SMILES string of the molecule is CCN(Cc1ncc[nH]1)c1cccc(OC)c1. The summed E-state index contributed by atoms with van der Waals surface area (Å²) in [6.07, 6.45) is 3.61. The summed E-state index contributed by atoms with van der Waals surface area (Å²) in [5, 5.41) is 0. The van der Waals surface area contributed by atoms with Gasteiger partial charge < -0.3 is 14.6 Å². The molecule has 0 atom stereocenters. The average Bonchev–Trinajstić information content (AvgIpc) is 2.89. The molecule has 0 amide bonds. The van der Waals surface area contributed by atoms with Gasteiger partial charge in [0.1, 0.15) is 11.6 Å². The molecular formula is C13H17N3O. The van der Waals surface area contributed by atoms with Gasteiger partial charge in [-0.15, -0.1) is 0 Å². The molecule has 0 aliphatic rings. The summed E-state index contributed by atoms with van der Waals surface area (Å²) in [6.45, 7) is 3.83. The second-order valence-corrected chi connectivity index (χ2v) is 3.75. The molecule has 0 unspecified atom stereocenters. The number of benzene rings is 1. The molecule has 0 saturated heterocycles. The van der Waals surface area contributed by atoms with E-state index >= 15 is 0 Å². The zero-order valence-electron chi connectivity index (χ0n) is 10.2. The zero-order chi connectivity index (χ0) is 12.1. The average molecular weight is 231 g/mol. The molecule has 1 heterocycles. The zero-order valence-corrected chi connectivity index (χ0v) is 10.2. The van der Waals surface area contributed by atoms with Gasteiger partial charge in [-0.25, -0.2) is 4.98 Å². The molecule has 4 heteroatoms. The van der Waals surface area contributed by atoms with E-state index in [1.54, 1.807) is 13.3 Å². The first-order valence-electron chi connectivity index (χ1n) is 5.70. The molecule has 0 fully saturated rings. The lowest BCUT2D eigenvalue weighted by molar-refractivity contribution is 0.415. The molecule has 0 saturated carbocycles. The van der Waals surface area contributed by atoms with Gasteiger partial charge in [-0.1, -0.05) is 6.07 Å². The maximum Gasteiger partial charge on any atom is 0.125 e. The van der Waals surface area contributed by atoms with E-state index < -0.39 is 0 Å². The highest BCUT2D eigenvalue weighted by Crippen LogP contribution is 2.21. The van der Waals surface area contributed by atoms with Crippen molar-refractivity contribution in [3.63, 3.8) is 0 Å². The number of ether oxygens (including phenoxy) is 1. The fraction of sp³-hybridized carbons (Fsp3) is 0.308. The minimum atomic E-state index is 0.774. The van der Waals surface area contributed by atoms with Crippen LogP contribution in [0.5, 0.6) is 5.75 Å². The van der Waals surface area contributed by atoms with Crippen molar-refractivity contribution < 1.29 is 4.74 Å². The lowest BCUT2D eigenvalue weighted by Crippen LogP contribution is -2.22. The molecule has 0 bridgehead atoms. The number of H-pyrrole nitrogens is 1. The highest BCUT2D eigenvalue weighted by atomic mass is 16.5. The third-order valence-corrected chi connectivity index (χ3v) is 2.70. The monoisotopic (exact) mass is 231 g/mol.